The van der Waals surface area contributed by atoms with E-state index in [0.717, 1.165) is 6.42 Å². The summed E-state index contributed by atoms with van der Waals surface area (Å²) in [6.45, 7) is 12.6. The fourth-order valence-electron chi connectivity index (χ4n) is 1.93. The monoisotopic (exact) mass is 286 g/mol. The quantitative estimate of drug-likeness (QED) is 0.532. The number of urea groups is 1. The Kier molecular flexibility index (Phi) is 9.01. The second-order valence-electron chi connectivity index (χ2n) is 5.89. The minimum absolute atomic E-state index is 0.0879. The first kappa shape index (κ1) is 18.7. The Hall–Kier alpha value is -1.26. The van der Waals surface area contributed by atoms with Crippen LogP contribution in [0.3, 0.4) is 0 Å². The first-order valence-corrected chi connectivity index (χ1v) is 7.50. The average Bonchev–Trinajstić information content (AvgIpc) is 2.38. The molecule has 0 heterocycles. The number of hydrogen-bond acceptors (Lipinski definition) is 3. The molecule has 20 heavy (non-hydrogen) atoms. The summed E-state index contributed by atoms with van der Waals surface area (Å²) < 4.78 is 5.06. The van der Waals surface area contributed by atoms with Crippen molar-refractivity contribution in [2.24, 2.45) is 17.8 Å². The Balaban J connectivity index is 3.91. The van der Waals surface area contributed by atoms with Crippen molar-refractivity contribution in [3.05, 3.63) is 0 Å². The van der Waals surface area contributed by atoms with Gasteiger partial charge in [-0.05, 0) is 18.3 Å². The number of esters is 1. The van der Waals surface area contributed by atoms with Gasteiger partial charge in [0, 0.05) is 6.04 Å². The molecule has 0 aliphatic carbocycles. The van der Waals surface area contributed by atoms with Crippen molar-refractivity contribution < 1.29 is 14.3 Å². The number of carbonyl (C=O) groups excluding carboxylic acids is 2. The fraction of sp³-hybridized carbons (Fsp3) is 0.867. The number of hydrogen-bond donors (Lipinski definition) is 2. The SMILES string of the molecule is CCC(C)C(=O)OCCNC(=O)NC(C(C)C)C(C)C. The third kappa shape index (κ3) is 7.36. The van der Waals surface area contributed by atoms with Crippen LogP contribution in [0.1, 0.15) is 48.0 Å². The van der Waals surface area contributed by atoms with Crippen LogP contribution < -0.4 is 10.6 Å². The topological polar surface area (TPSA) is 67.4 Å². The van der Waals surface area contributed by atoms with Crippen LogP contribution in [-0.2, 0) is 9.53 Å². The molecular formula is C15H30N2O3. The van der Waals surface area contributed by atoms with E-state index in [-0.39, 0.29) is 30.6 Å². The van der Waals surface area contributed by atoms with Crippen molar-refractivity contribution in [3.63, 3.8) is 0 Å². The average molecular weight is 286 g/mol. The van der Waals surface area contributed by atoms with Crippen LogP contribution in [0.2, 0.25) is 0 Å². The van der Waals surface area contributed by atoms with E-state index in [4.69, 9.17) is 4.74 Å². The van der Waals surface area contributed by atoms with E-state index in [0.29, 0.717) is 18.4 Å². The van der Waals surface area contributed by atoms with Crippen LogP contribution in [0.15, 0.2) is 0 Å². The molecule has 0 fully saturated rings. The van der Waals surface area contributed by atoms with Crippen molar-refractivity contribution in [1.29, 1.82) is 0 Å². The highest BCUT2D eigenvalue weighted by molar-refractivity contribution is 5.74. The van der Waals surface area contributed by atoms with Gasteiger partial charge in [0.15, 0.2) is 0 Å². The molecule has 5 heteroatoms. The van der Waals surface area contributed by atoms with Crippen LogP contribution in [-0.4, -0.2) is 31.2 Å². The lowest BCUT2D eigenvalue weighted by molar-refractivity contribution is -0.147. The maximum atomic E-state index is 11.7. The molecule has 0 saturated heterocycles. The molecule has 0 aliphatic rings. The van der Waals surface area contributed by atoms with Gasteiger partial charge in [0.2, 0.25) is 0 Å². The second kappa shape index (κ2) is 9.61. The van der Waals surface area contributed by atoms with Gasteiger partial charge < -0.3 is 15.4 Å². The van der Waals surface area contributed by atoms with Crippen LogP contribution in [0.4, 0.5) is 4.79 Å². The van der Waals surface area contributed by atoms with Crippen LogP contribution >= 0.6 is 0 Å². The van der Waals surface area contributed by atoms with Crippen LogP contribution in [0, 0.1) is 17.8 Å². The fourth-order valence-corrected chi connectivity index (χ4v) is 1.93. The molecule has 0 radical (unpaired) electrons. The predicted molar refractivity (Wildman–Crippen MR) is 80.4 cm³/mol. The molecule has 0 saturated carbocycles. The van der Waals surface area contributed by atoms with Gasteiger partial charge in [-0.2, -0.15) is 0 Å². The standard InChI is InChI=1S/C15H30N2O3/c1-7-12(6)14(18)20-9-8-16-15(19)17-13(10(2)3)11(4)5/h10-13H,7-9H2,1-6H3,(H2,16,17,19). The molecule has 0 aromatic rings. The molecule has 0 aliphatic heterocycles. The van der Waals surface area contributed by atoms with Crippen molar-refractivity contribution in [1.82, 2.24) is 10.6 Å². The van der Waals surface area contributed by atoms with Gasteiger partial charge >= 0.3 is 12.0 Å². The largest absolute Gasteiger partial charge is 0.464 e. The molecule has 2 amide bonds. The third-order valence-electron chi connectivity index (χ3n) is 3.38. The second-order valence-corrected chi connectivity index (χ2v) is 5.89. The first-order valence-electron chi connectivity index (χ1n) is 7.50. The van der Waals surface area contributed by atoms with Gasteiger partial charge in [0.1, 0.15) is 6.61 Å². The predicted octanol–water partition coefficient (Wildman–Crippen LogP) is 2.56. The van der Waals surface area contributed by atoms with Crippen LogP contribution in [0.5, 0.6) is 0 Å². The van der Waals surface area contributed by atoms with Gasteiger partial charge in [-0.15, -0.1) is 0 Å². The Morgan fingerprint density at radius 2 is 1.60 bits per heavy atom. The molecule has 0 rings (SSSR count). The molecule has 118 valence electrons. The van der Waals surface area contributed by atoms with E-state index in [1.807, 2.05) is 13.8 Å². The molecule has 0 bridgehead atoms. The minimum Gasteiger partial charge on any atom is -0.464 e. The van der Waals surface area contributed by atoms with Gasteiger partial charge in [-0.25, -0.2) is 4.79 Å². The normalized spacial score (nSPS) is 12.7. The van der Waals surface area contributed by atoms with E-state index in [9.17, 15) is 9.59 Å². The molecule has 1 unspecified atom stereocenters. The zero-order valence-electron chi connectivity index (χ0n) is 13.7. The summed E-state index contributed by atoms with van der Waals surface area (Å²) >= 11 is 0. The zero-order valence-corrected chi connectivity index (χ0v) is 13.7. The number of carbonyl (C=O) groups is 2. The Bertz CT molecular complexity index is 295. The van der Waals surface area contributed by atoms with Crippen LogP contribution in [0.25, 0.3) is 0 Å². The number of amides is 2. The molecular weight excluding hydrogens is 256 g/mol. The summed E-state index contributed by atoms with van der Waals surface area (Å²) in [5.74, 6) is 0.458. The molecule has 0 spiro atoms. The van der Waals surface area contributed by atoms with E-state index < -0.39 is 0 Å². The maximum absolute atomic E-state index is 11.7. The lowest BCUT2D eigenvalue weighted by atomic mass is 9.93. The Morgan fingerprint density at radius 3 is 2.05 bits per heavy atom. The highest BCUT2D eigenvalue weighted by Gasteiger charge is 2.19. The summed E-state index contributed by atoms with van der Waals surface area (Å²) in [6, 6.07) is -0.0744. The lowest BCUT2D eigenvalue weighted by Crippen LogP contribution is -2.47. The van der Waals surface area contributed by atoms with Crippen molar-refractivity contribution in [2.75, 3.05) is 13.2 Å². The summed E-state index contributed by atoms with van der Waals surface area (Å²) in [6.07, 6.45) is 0.761. The van der Waals surface area contributed by atoms with Gasteiger partial charge in [0.25, 0.3) is 0 Å². The number of nitrogens with one attached hydrogen (secondary N) is 2. The highest BCUT2D eigenvalue weighted by Crippen LogP contribution is 2.11. The highest BCUT2D eigenvalue weighted by atomic mass is 16.5. The molecule has 2 N–H and O–H groups in total. The zero-order chi connectivity index (χ0) is 15.7. The van der Waals surface area contributed by atoms with Crippen molar-refractivity contribution >= 4 is 12.0 Å². The first-order chi connectivity index (χ1) is 9.29. The van der Waals surface area contributed by atoms with Gasteiger partial charge in [-0.3, -0.25) is 4.79 Å². The van der Waals surface area contributed by atoms with Gasteiger partial charge in [0.05, 0.1) is 12.5 Å². The number of rotatable bonds is 8. The molecule has 5 nitrogen and oxygen atoms in total. The molecule has 1 atom stereocenters. The Labute approximate surface area is 122 Å². The summed E-state index contributed by atoms with van der Waals surface area (Å²) in [5.41, 5.74) is 0. The van der Waals surface area contributed by atoms with Gasteiger partial charge in [-0.1, -0.05) is 41.5 Å². The maximum Gasteiger partial charge on any atom is 0.315 e. The number of ether oxygens (including phenoxy) is 1. The molecule has 0 aromatic heterocycles. The Morgan fingerprint density at radius 1 is 1.05 bits per heavy atom. The summed E-state index contributed by atoms with van der Waals surface area (Å²) in [7, 11) is 0. The minimum atomic E-state index is -0.211. The van der Waals surface area contributed by atoms with E-state index in [2.05, 4.69) is 38.3 Å². The van der Waals surface area contributed by atoms with E-state index in [1.54, 1.807) is 0 Å². The van der Waals surface area contributed by atoms with Crippen molar-refractivity contribution in [3.8, 4) is 0 Å². The third-order valence-corrected chi connectivity index (χ3v) is 3.38. The lowest BCUT2D eigenvalue weighted by Gasteiger charge is -2.26. The molecule has 0 aromatic carbocycles. The van der Waals surface area contributed by atoms with Crippen molar-refractivity contribution in [2.45, 2.75) is 54.0 Å². The van der Waals surface area contributed by atoms with E-state index in [1.165, 1.54) is 0 Å². The smallest absolute Gasteiger partial charge is 0.315 e. The summed E-state index contributed by atoms with van der Waals surface area (Å²) in [5, 5.41) is 5.66. The summed E-state index contributed by atoms with van der Waals surface area (Å²) in [4.78, 5) is 23.2. The van der Waals surface area contributed by atoms with E-state index >= 15 is 0 Å².